The Morgan fingerprint density at radius 3 is 2.48 bits per heavy atom. The van der Waals surface area contributed by atoms with Gasteiger partial charge in [-0.1, -0.05) is 36.8 Å². The summed E-state index contributed by atoms with van der Waals surface area (Å²) in [7, 11) is -3.87. The summed E-state index contributed by atoms with van der Waals surface area (Å²) in [6.45, 7) is 2.90. The van der Waals surface area contributed by atoms with Crippen molar-refractivity contribution in [2.45, 2.75) is 81.7 Å². The molecular weight excluding hydrogens is 800 g/mol. The van der Waals surface area contributed by atoms with Crippen molar-refractivity contribution in [3.63, 3.8) is 0 Å². The molecule has 1 saturated heterocycles. The quantitative estimate of drug-likeness (QED) is 0.0649. The third-order valence-electron chi connectivity index (χ3n) is 10.4. The fraction of sp³-hybridized carbons (Fsp3) is 0.395. The van der Waals surface area contributed by atoms with Crippen LogP contribution in [0.4, 0.5) is 4.39 Å². The average Bonchev–Trinajstić information content (AvgIpc) is 3.58. The average molecular weight is 847 g/mol. The van der Waals surface area contributed by atoms with Gasteiger partial charge >= 0.3 is 11.9 Å². The molecule has 60 heavy (non-hydrogen) atoms. The highest BCUT2D eigenvalue weighted by molar-refractivity contribution is 7.91. The summed E-state index contributed by atoms with van der Waals surface area (Å²) in [4.78, 5) is 81.9. The van der Waals surface area contributed by atoms with E-state index in [4.69, 9.17) is 14.2 Å². The van der Waals surface area contributed by atoms with E-state index >= 15 is 0 Å². The van der Waals surface area contributed by atoms with Crippen molar-refractivity contribution in [1.29, 1.82) is 0 Å². The van der Waals surface area contributed by atoms with Crippen LogP contribution in [0.2, 0.25) is 0 Å². The van der Waals surface area contributed by atoms with Crippen LogP contribution in [0.15, 0.2) is 71.6 Å². The minimum Gasteiger partial charge on any atom is -0.486 e. The van der Waals surface area contributed by atoms with Gasteiger partial charge < -0.3 is 34.7 Å². The number of rotatable bonds is 20. The molecule has 6 rings (SSSR count). The molecule has 3 aromatic carbocycles. The zero-order valence-electron chi connectivity index (χ0n) is 33.3. The van der Waals surface area contributed by atoms with Gasteiger partial charge in [0.05, 0.1) is 34.9 Å². The SMILES string of the molecule is CCNC(=O)C(CCCCC(=O)OCc1ccccc1)NC(=O)CC1C(CC(=O)COc2ccc3c(c2)S(=O)(=O)Cc2c-3[nH]c3ccc(F)cc23)C(=O)N1CC(=O)OCC. The number of H-pyrrole nitrogens is 1. The first kappa shape index (κ1) is 43.5. The Labute approximate surface area is 346 Å². The molecule has 0 aliphatic carbocycles. The van der Waals surface area contributed by atoms with Crippen LogP contribution in [0.5, 0.6) is 5.75 Å². The van der Waals surface area contributed by atoms with Crippen molar-refractivity contribution in [3.05, 3.63) is 83.7 Å². The molecule has 3 unspecified atom stereocenters. The first-order valence-electron chi connectivity index (χ1n) is 19.8. The third-order valence-corrected chi connectivity index (χ3v) is 12.1. The number of carbonyl (C=O) groups excluding carboxylic acids is 6. The molecule has 17 heteroatoms. The number of β-lactam (4-membered cyclic amide) rings is 1. The number of esters is 2. The van der Waals surface area contributed by atoms with E-state index in [-0.39, 0.29) is 61.3 Å². The number of ether oxygens (including phenoxy) is 3. The van der Waals surface area contributed by atoms with E-state index in [1.54, 1.807) is 26.0 Å². The lowest BCUT2D eigenvalue weighted by molar-refractivity contribution is -0.167. The Morgan fingerprint density at radius 1 is 0.950 bits per heavy atom. The normalized spacial score (nSPS) is 16.8. The van der Waals surface area contributed by atoms with Gasteiger partial charge in [0.25, 0.3) is 0 Å². The molecule has 4 aromatic rings. The van der Waals surface area contributed by atoms with Crippen LogP contribution in [0.1, 0.15) is 63.5 Å². The predicted molar refractivity (Wildman–Crippen MR) is 215 cm³/mol. The third kappa shape index (κ3) is 10.4. The van der Waals surface area contributed by atoms with Gasteiger partial charge in [-0.15, -0.1) is 0 Å². The van der Waals surface area contributed by atoms with E-state index in [1.165, 1.54) is 29.2 Å². The van der Waals surface area contributed by atoms with Crippen LogP contribution in [0.25, 0.3) is 22.2 Å². The zero-order valence-corrected chi connectivity index (χ0v) is 34.1. The second-order valence-electron chi connectivity index (χ2n) is 14.7. The first-order chi connectivity index (χ1) is 28.8. The second kappa shape index (κ2) is 19.3. The molecule has 0 saturated carbocycles. The Kier molecular flexibility index (Phi) is 14.0. The van der Waals surface area contributed by atoms with Gasteiger partial charge in [-0.25, -0.2) is 12.8 Å². The topological polar surface area (TPSA) is 207 Å². The van der Waals surface area contributed by atoms with Crippen LogP contribution >= 0.6 is 0 Å². The lowest BCUT2D eigenvalue weighted by Gasteiger charge is -2.46. The van der Waals surface area contributed by atoms with Crippen LogP contribution < -0.4 is 15.4 Å². The summed E-state index contributed by atoms with van der Waals surface area (Å²) in [6.07, 6.45) is 0.496. The van der Waals surface area contributed by atoms with Crippen LogP contribution in [-0.4, -0.2) is 92.1 Å². The number of amides is 3. The lowest BCUT2D eigenvalue weighted by Crippen LogP contribution is -2.64. The van der Waals surface area contributed by atoms with Gasteiger partial charge in [-0.05, 0) is 68.7 Å². The number of Topliss-reactive ketones (excluding diaryl/α,β-unsaturated/α-hetero) is 1. The van der Waals surface area contributed by atoms with Crippen molar-refractivity contribution in [3.8, 4) is 17.0 Å². The van der Waals surface area contributed by atoms with E-state index in [1.807, 2.05) is 30.3 Å². The summed E-state index contributed by atoms with van der Waals surface area (Å²) < 4.78 is 56.8. The maximum absolute atomic E-state index is 14.0. The Balaban J connectivity index is 1.06. The highest BCUT2D eigenvalue weighted by atomic mass is 32.2. The molecule has 2 aliphatic rings. The molecule has 318 valence electrons. The molecule has 0 spiro atoms. The smallest absolute Gasteiger partial charge is 0.325 e. The maximum atomic E-state index is 14.0. The number of nitrogens with one attached hydrogen (secondary N) is 3. The number of unbranched alkanes of at least 4 members (excludes halogenated alkanes) is 1. The molecule has 1 fully saturated rings. The number of hydrogen-bond donors (Lipinski definition) is 3. The maximum Gasteiger partial charge on any atom is 0.325 e. The van der Waals surface area contributed by atoms with Gasteiger partial charge in [0.15, 0.2) is 15.6 Å². The van der Waals surface area contributed by atoms with Gasteiger partial charge in [-0.2, -0.15) is 0 Å². The molecule has 3 atom stereocenters. The number of likely N-dealkylation sites (N-methyl/N-ethyl adjacent to an activating group) is 1. The van der Waals surface area contributed by atoms with Crippen LogP contribution in [0.3, 0.4) is 0 Å². The molecule has 1 aromatic heterocycles. The minimum atomic E-state index is -3.87. The number of ketones is 1. The van der Waals surface area contributed by atoms with Crippen molar-refractivity contribution >= 4 is 56.2 Å². The number of aromatic amines is 1. The van der Waals surface area contributed by atoms with E-state index in [0.29, 0.717) is 47.1 Å². The number of sulfone groups is 1. The molecule has 2 aliphatic heterocycles. The van der Waals surface area contributed by atoms with Gasteiger partial charge in [0.2, 0.25) is 17.7 Å². The van der Waals surface area contributed by atoms with E-state index < -0.39 is 76.3 Å². The minimum absolute atomic E-state index is 0.0194. The number of carbonyl (C=O) groups is 6. The fourth-order valence-corrected chi connectivity index (χ4v) is 9.16. The highest BCUT2D eigenvalue weighted by Crippen LogP contribution is 2.42. The number of aromatic nitrogens is 1. The number of nitrogens with zero attached hydrogens (tertiary/aromatic N) is 1. The van der Waals surface area contributed by atoms with Crippen molar-refractivity contribution < 1.29 is 55.8 Å². The molecule has 3 amide bonds. The van der Waals surface area contributed by atoms with Crippen molar-refractivity contribution in [1.82, 2.24) is 20.5 Å². The summed E-state index contributed by atoms with van der Waals surface area (Å²) >= 11 is 0. The molecule has 0 bridgehead atoms. The standard InChI is InChI=1S/C43H47FN4O11S/c1-3-45-42(53)35(12-8-9-13-39(51)59-23-26-10-6-5-7-11-26)46-38(50)21-36-32(43(54)48(36)22-40(52)57-4-2)19-28(49)24-58-29-15-16-30-37(20-29)60(55,56)25-33-31-18-27(44)14-17-34(31)47-41(30)33/h5-7,10-11,14-18,20,32,35-36,47H,3-4,8-9,12-13,19,21-25H2,1-2H3,(H,45,53)(H,46,50). The Morgan fingerprint density at radius 2 is 1.73 bits per heavy atom. The fourth-order valence-electron chi connectivity index (χ4n) is 7.52. The summed E-state index contributed by atoms with van der Waals surface area (Å²) in [6, 6.07) is 15.9. The first-order valence-corrected chi connectivity index (χ1v) is 21.5. The molecule has 0 radical (unpaired) electrons. The Hall–Kier alpha value is -6.10. The second-order valence-corrected chi connectivity index (χ2v) is 16.6. The number of benzene rings is 3. The Bertz CT molecular complexity index is 2380. The van der Waals surface area contributed by atoms with E-state index in [0.717, 1.165) is 5.56 Å². The molecule has 3 N–H and O–H groups in total. The van der Waals surface area contributed by atoms with Crippen LogP contribution in [-0.2, 0) is 60.4 Å². The molecule has 15 nitrogen and oxygen atoms in total. The summed E-state index contributed by atoms with van der Waals surface area (Å²) in [5.74, 6) is -4.90. The van der Waals surface area contributed by atoms with Crippen LogP contribution in [0, 0.1) is 11.7 Å². The number of halogens is 1. The number of hydrogen-bond acceptors (Lipinski definition) is 11. The highest BCUT2D eigenvalue weighted by Gasteiger charge is 2.49. The molecular formula is C43H47FN4O11S. The lowest BCUT2D eigenvalue weighted by atomic mass is 9.81. The monoisotopic (exact) mass is 846 g/mol. The number of likely N-dealkylation sites (tertiary alicyclic amines) is 1. The van der Waals surface area contributed by atoms with Gasteiger partial charge in [-0.3, -0.25) is 28.8 Å². The van der Waals surface area contributed by atoms with Gasteiger partial charge in [0, 0.05) is 47.8 Å². The van der Waals surface area contributed by atoms with Crippen molar-refractivity contribution in [2.75, 3.05) is 26.3 Å². The summed E-state index contributed by atoms with van der Waals surface area (Å²) in [5, 5.41) is 5.89. The summed E-state index contributed by atoms with van der Waals surface area (Å²) in [5.41, 5.74) is 2.83. The zero-order chi connectivity index (χ0) is 43.0. The number of fused-ring (bicyclic) bond motifs is 5. The van der Waals surface area contributed by atoms with E-state index in [2.05, 4.69) is 15.6 Å². The largest absolute Gasteiger partial charge is 0.486 e. The van der Waals surface area contributed by atoms with Gasteiger partial charge in [0.1, 0.15) is 37.4 Å². The molecule has 3 heterocycles. The van der Waals surface area contributed by atoms with E-state index in [9.17, 15) is 41.6 Å². The van der Waals surface area contributed by atoms with Crippen molar-refractivity contribution in [2.24, 2.45) is 5.92 Å². The predicted octanol–water partition coefficient (Wildman–Crippen LogP) is 4.30.